The molecular formula is C17H23FO2. The molecule has 2 rings (SSSR count). The van der Waals surface area contributed by atoms with Crippen molar-refractivity contribution in [1.29, 1.82) is 0 Å². The molecular weight excluding hydrogens is 255 g/mol. The van der Waals surface area contributed by atoms with E-state index in [9.17, 15) is 9.18 Å². The molecule has 110 valence electrons. The predicted molar refractivity (Wildman–Crippen MR) is 77.1 cm³/mol. The third-order valence-electron chi connectivity index (χ3n) is 4.59. The van der Waals surface area contributed by atoms with Gasteiger partial charge in [0.2, 0.25) is 0 Å². The van der Waals surface area contributed by atoms with E-state index in [1.165, 1.54) is 12.1 Å². The lowest BCUT2D eigenvalue weighted by Crippen LogP contribution is -2.46. The van der Waals surface area contributed by atoms with Crippen molar-refractivity contribution in [2.24, 2.45) is 5.41 Å². The van der Waals surface area contributed by atoms with E-state index in [-0.39, 0.29) is 17.0 Å². The number of hydrogen-bond donors (Lipinski definition) is 0. The van der Waals surface area contributed by atoms with Crippen LogP contribution in [0.5, 0.6) is 0 Å². The molecule has 0 saturated heterocycles. The Bertz CT molecular complexity index is 466. The fourth-order valence-corrected chi connectivity index (χ4v) is 2.88. The molecule has 0 aromatic heterocycles. The first-order valence-electron chi connectivity index (χ1n) is 7.20. The van der Waals surface area contributed by atoms with Gasteiger partial charge < -0.3 is 4.74 Å². The van der Waals surface area contributed by atoms with E-state index < -0.39 is 5.60 Å². The zero-order valence-electron chi connectivity index (χ0n) is 12.5. The molecule has 0 heterocycles. The van der Waals surface area contributed by atoms with Crippen LogP contribution >= 0.6 is 0 Å². The van der Waals surface area contributed by atoms with Gasteiger partial charge >= 0.3 is 0 Å². The molecule has 2 nitrogen and oxygen atoms in total. The minimum Gasteiger partial charge on any atom is -0.370 e. The van der Waals surface area contributed by atoms with Crippen LogP contribution in [0.4, 0.5) is 4.39 Å². The average Bonchev–Trinajstić information content (AvgIpc) is 2.42. The number of carbonyl (C=O) groups is 1. The van der Waals surface area contributed by atoms with Gasteiger partial charge in [-0.2, -0.15) is 0 Å². The average molecular weight is 278 g/mol. The highest BCUT2D eigenvalue weighted by molar-refractivity contribution is 5.89. The van der Waals surface area contributed by atoms with Crippen molar-refractivity contribution in [3.63, 3.8) is 0 Å². The quantitative estimate of drug-likeness (QED) is 0.834. The number of carbonyl (C=O) groups excluding carboxylic acids is 1. The number of ketones is 1. The van der Waals surface area contributed by atoms with E-state index in [0.29, 0.717) is 6.42 Å². The van der Waals surface area contributed by atoms with Gasteiger partial charge in [-0.1, -0.05) is 26.0 Å². The van der Waals surface area contributed by atoms with Gasteiger partial charge in [0.05, 0.1) is 0 Å². The summed E-state index contributed by atoms with van der Waals surface area (Å²) in [6.07, 6.45) is 3.85. The van der Waals surface area contributed by atoms with Gasteiger partial charge in [0.1, 0.15) is 11.4 Å². The van der Waals surface area contributed by atoms with Crippen molar-refractivity contribution in [2.75, 3.05) is 7.11 Å². The van der Waals surface area contributed by atoms with E-state index in [1.54, 1.807) is 19.2 Å². The molecule has 0 unspecified atom stereocenters. The molecule has 0 radical (unpaired) electrons. The van der Waals surface area contributed by atoms with E-state index in [2.05, 4.69) is 13.8 Å². The highest BCUT2D eigenvalue weighted by atomic mass is 19.1. The van der Waals surface area contributed by atoms with Crippen LogP contribution in [0, 0.1) is 11.2 Å². The van der Waals surface area contributed by atoms with E-state index in [0.717, 1.165) is 31.2 Å². The number of halogens is 1. The van der Waals surface area contributed by atoms with Crippen molar-refractivity contribution in [3.8, 4) is 0 Å². The molecule has 0 bridgehead atoms. The maximum Gasteiger partial charge on any atom is 0.168 e. The molecule has 1 fully saturated rings. The molecule has 1 saturated carbocycles. The molecule has 0 N–H and O–H groups in total. The summed E-state index contributed by atoms with van der Waals surface area (Å²) in [6, 6.07) is 6.13. The molecule has 1 aromatic carbocycles. The maximum atomic E-state index is 12.9. The van der Waals surface area contributed by atoms with Crippen molar-refractivity contribution in [1.82, 2.24) is 0 Å². The summed E-state index contributed by atoms with van der Waals surface area (Å²) < 4.78 is 18.5. The summed E-state index contributed by atoms with van der Waals surface area (Å²) in [5, 5.41) is 0. The van der Waals surface area contributed by atoms with E-state index >= 15 is 0 Å². The third kappa shape index (κ3) is 3.26. The summed E-state index contributed by atoms with van der Waals surface area (Å²) in [6.45, 7) is 4.47. The molecule has 3 heteroatoms. The zero-order valence-corrected chi connectivity index (χ0v) is 12.5. The Morgan fingerprint density at radius 2 is 1.70 bits per heavy atom. The van der Waals surface area contributed by atoms with E-state index in [1.807, 2.05) is 0 Å². The van der Waals surface area contributed by atoms with Crippen LogP contribution in [-0.2, 0) is 16.0 Å². The number of benzene rings is 1. The second-order valence-corrected chi connectivity index (χ2v) is 6.59. The number of methoxy groups -OCH3 is 1. The van der Waals surface area contributed by atoms with Gasteiger partial charge in [-0.3, -0.25) is 4.79 Å². The van der Waals surface area contributed by atoms with Gasteiger partial charge in [-0.05, 0) is 48.8 Å². The van der Waals surface area contributed by atoms with Crippen molar-refractivity contribution in [3.05, 3.63) is 35.6 Å². The number of hydrogen-bond acceptors (Lipinski definition) is 2. The molecule has 0 amide bonds. The van der Waals surface area contributed by atoms with Crippen molar-refractivity contribution < 1.29 is 13.9 Å². The molecule has 1 aromatic rings. The minimum absolute atomic E-state index is 0.113. The first-order chi connectivity index (χ1) is 9.37. The largest absolute Gasteiger partial charge is 0.370 e. The van der Waals surface area contributed by atoms with Gasteiger partial charge in [0.15, 0.2) is 5.78 Å². The number of rotatable bonds is 4. The molecule has 0 atom stereocenters. The third-order valence-corrected chi connectivity index (χ3v) is 4.59. The number of Topliss-reactive ketones (excluding diaryl/α,β-unsaturated/α-hetero) is 1. The molecule has 20 heavy (non-hydrogen) atoms. The van der Waals surface area contributed by atoms with Crippen LogP contribution in [0.1, 0.15) is 45.1 Å². The van der Waals surface area contributed by atoms with Crippen molar-refractivity contribution >= 4 is 5.78 Å². The number of ether oxygens (including phenoxy) is 1. The highest BCUT2D eigenvalue weighted by Gasteiger charge is 2.43. The molecule has 1 aliphatic carbocycles. The highest BCUT2D eigenvalue weighted by Crippen LogP contribution is 2.42. The van der Waals surface area contributed by atoms with Gasteiger partial charge in [-0.15, -0.1) is 0 Å². The fraction of sp³-hybridized carbons (Fsp3) is 0.588. The lowest BCUT2D eigenvalue weighted by atomic mass is 9.69. The van der Waals surface area contributed by atoms with Gasteiger partial charge in [-0.25, -0.2) is 4.39 Å². The Labute approximate surface area is 120 Å². The predicted octanol–water partition coefficient (Wildman–Crippen LogP) is 3.92. The first kappa shape index (κ1) is 15.2. The van der Waals surface area contributed by atoms with Crippen LogP contribution in [0.3, 0.4) is 0 Å². The maximum absolute atomic E-state index is 12.9. The standard InChI is InChI=1S/C17H23FO2/c1-16(2)8-10-17(20-3,11-9-16)15(19)12-13-4-6-14(18)7-5-13/h4-7H,8-12H2,1-3H3. The van der Waals surface area contributed by atoms with Crippen LogP contribution in [0.15, 0.2) is 24.3 Å². The fourth-order valence-electron chi connectivity index (χ4n) is 2.88. The summed E-state index contributed by atoms with van der Waals surface area (Å²) >= 11 is 0. The van der Waals surface area contributed by atoms with Gasteiger partial charge in [0, 0.05) is 13.5 Å². The smallest absolute Gasteiger partial charge is 0.168 e. The summed E-state index contributed by atoms with van der Waals surface area (Å²) in [5.74, 6) is -0.163. The van der Waals surface area contributed by atoms with Crippen LogP contribution in [0.25, 0.3) is 0 Å². The van der Waals surface area contributed by atoms with E-state index in [4.69, 9.17) is 4.74 Å². The van der Waals surface area contributed by atoms with Crippen LogP contribution in [-0.4, -0.2) is 18.5 Å². The lowest BCUT2D eigenvalue weighted by molar-refractivity contribution is -0.147. The Kier molecular flexibility index (Phi) is 4.28. The Morgan fingerprint density at radius 3 is 2.20 bits per heavy atom. The molecule has 1 aliphatic rings. The Balaban J connectivity index is 2.08. The second kappa shape index (κ2) is 5.65. The SMILES string of the molecule is COC1(C(=O)Cc2ccc(F)cc2)CCC(C)(C)CC1. The topological polar surface area (TPSA) is 26.3 Å². The molecule has 0 aliphatic heterocycles. The van der Waals surface area contributed by atoms with Gasteiger partial charge in [0.25, 0.3) is 0 Å². The second-order valence-electron chi connectivity index (χ2n) is 6.59. The molecule has 0 spiro atoms. The zero-order chi connectivity index (χ0) is 14.8. The summed E-state index contributed by atoms with van der Waals surface area (Å²) in [5.41, 5.74) is 0.486. The monoisotopic (exact) mass is 278 g/mol. The van der Waals surface area contributed by atoms with Crippen LogP contribution in [0.2, 0.25) is 0 Å². The Hall–Kier alpha value is -1.22. The lowest BCUT2D eigenvalue weighted by Gasteiger charge is -2.41. The summed E-state index contributed by atoms with van der Waals surface area (Å²) in [7, 11) is 1.63. The summed E-state index contributed by atoms with van der Waals surface area (Å²) in [4.78, 5) is 12.6. The minimum atomic E-state index is -0.649. The van der Waals surface area contributed by atoms with Crippen LogP contribution < -0.4 is 0 Å². The normalized spacial score (nSPS) is 20.6. The Morgan fingerprint density at radius 1 is 1.15 bits per heavy atom. The van der Waals surface area contributed by atoms with Crippen molar-refractivity contribution in [2.45, 2.75) is 51.6 Å². The first-order valence-corrected chi connectivity index (χ1v) is 7.20.